The van der Waals surface area contributed by atoms with Crippen LogP contribution in [0.1, 0.15) is 37.0 Å². The van der Waals surface area contributed by atoms with Gasteiger partial charge in [0.1, 0.15) is 5.75 Å². The second kappa shape index (κ2) is 6.59. The largest absolute Gasteiger partial charge is 0.490 e. The summed E-state index contributed by atoms with van der Waals surface area (Å²) in [6.07, 6.45) is 1.18. The smallest absolute Gasteiger partial charge is 0.257 e. The number of β-amino-alcohol motifs (C(OH)–C–C–N with tert-alkyl or cyclic N) is 1. The Morgan fingerprint density at radius 2 is 2.25 bits per heavy atom. The molecule has 0 radical (unpaired) electrons. The minimum Gasteiger partial charge on any atom is -0.490 e. The van der Waals surface area contributed by atoms with Crippen molar-refractivity contribution in [1.29, 1.82) is 0 Å². The molecule has 0 aliphatic carbocycles. The van der Waals surface area contributed by atoms with Gasteiger partial charge in [0, 0.05) is 17.6 Å². The van der Waals surface area contributed by atoms with Gasteiger partial charge in [0.15, 0.2) is 0 Å². The molecule has 2 rings (SSSR count). The molecule has 0 saturated carbocycles. The Morgan fingerprint density at radius 1 is 1.50 bits per heavy atom. The minimum atomic E-state index is -0.419. The Bertz CT molecular complexity index is 490. The third-order valence-corrected chi connectivity index (χ3v) is 3.71. The maximum absolute atomic E-state index is 12.6. The topological polar surface area (TPSA) is 49.8 Å². The lowest BCUT2D eigenvalue weighted by atomic mass is 10.1. The Balaban J connectivity index is 2.24. The summed E-state index contributed by atoms with van der Waals surface area (Å²) in [5, 5.41) is 9.70. The Hall–Kier alpha value is -1.07. The van der Waals surface area contributed by atoms with Crippen molar-refractivity contribution < 1.29 is 14.6 Å². The lowest BCUT2D eigenvalue weighted by Crippen LogP contribution is -2.42. The van der Waals surface area contributed by atoms with Crippen LogP contribution in [0.25, 0.3) is 0 Å². The number of carbonyl (C=O) groups is 1. The zero-order chi connectivity index (χ0) is 14.7. The van der Waals surface area contributed by atoms with E-state index in [9.17, 15) is 9.90 Å². The highest BCUT2D eigenvalue weighted by Crippen LogP contribution is 2.27. The maximum Gasteiger partial charge on any atom is 0.257 e. The first kappa shape index (κ1) is 15.3. The summed E-state index contributed by atoms with van der Waals surface area (Å²) in [6.45, 7) is 4.95. The van der Waals surface area contributed by atoms with Crippen molar-refractivity contribution in [2.45, 2.75) is 38.9 Å². The molecule has 1 heterocycles. The van der Waals surface area contributed by atoms with E-state index in [-0.39, 0.29) is 12.0 Å². The van der Waals surface area contributed by atoms with Crippen LogP contribution in [0.15, 0.2) is 22.7 Å². The third kappa shape index (κ3) is 3.73. The van der Waals surface area contributed by atoms with Gasteiger partial charge in [-0.05, 0) is 44.9 Å². The normalized spacial score (nSPS) is 19.2. The average molecular weight is 342 g/mol. The quantitative estimate of drug-likeness (QED) is 0.919. The molecular weight excluding hydrogens is 322 g/mol. The molecule has 5 heteroatoms. The summed E-state index contributed by atoms with van der Waals surface area (Å²) in [4.78, 5) is 14.3. The first-order chi connectivity index (χ1) is 9.47. The summed E-state index contributed by atoms with van der Waals surface area (Å²) < 4.78 is 6.60. The fourth-order valence-corrected chi connectivity index (χ4v) is 2.67. The number of halogens is 1. The highest BCUT2D eigenvalue weighted by atomic mass is 79.9. The standard InChI is InChI=1S/C15H20BrNO3/c1-10(2)20-14-8-11(16)5-6-13(14)15(19)17-7-3-4-12(18)9-17/h5-6,8,10,12,18H,3-4,7,9H2,1-2H3. The fraction of sp³-hybridized carbons (Fsp3) is 0.533. The van der Waals surface area contributed by atoms with Gasteiger partial charge < -0.3 is 14.7 Å². The van der Waals surface area contributed by atoms with Crippen LogP contribution in [0.4, 0.5) is 0 Å². The molecule has 0 bridgehead atoms. The summed E-state index contributed by atoms with van der Waals surface area (Å²) in [6, 6.07) is 5.42. The van der Waals surface area contributed by atoms with Crippen LogP contribution in [0.2, 0.25) is 0 Å². The number of piperidine rings is 1. The van der Waals surface area contributed by atoms with E-state index >= 15 is 0 Å². The number of ether oxygens (including phenoxy) is 1. The number of carbonyl (C=O) groups excluding carboxylic acids is 1. The number of rotatable bonds is 3. The fourth-order valence-electron chi connectivity index (χ4n) is 2.33. The highest BCUT2D eigenvalue weighted by molar-refractivity contribution is 9.10. The number of nitrogens with zero attached hydrogens (tertiary/aromatic N) is 1. The van der Waals surface area contributed by atoms with E-state index in [4.69, 9.17) is 4.74 Å². The first-order valence-electron chi connectivity index (χ1n) is 6.91. The molecule has 1 aliphatic heterocycles. The summed E-state index contributed by atoms with van der Waals surface area (Å²) in [7, 11) is 0. The van der Waals surface area contributed by atoms with Crippen molar-refractivity contribution >= 4 is 21.8 Å². The molecule has 1 fully saturated rings. The molecule has 1 saturated heterocycles. The molecule has 1 atom stereocenters. The maximum atomic E-state index is 12.6. The van der Waals surface area contributed by atoms with Gasteiger partial charge in [0.05, 0.1) is 17.8 Å². The summed E-state index contributed by atoms with van der Waals surface area (Å²) >= 11 is 3.40. The molecule has 4 nitrogen and oxygen atoms in total. The van der Waals surface area contributed by atoms with Crippen molar-refractivity contribution in [2.75, 3.05) is 13.1 Å². The molecule has 1 aromatic carbocycles. The second-order valence-electron chi connectivity index (χ2n) is 5.35. The van der Waals surface area contributed by atoms with Gasteiger partial charge in [-0.2, -0.15) is 0 Å². The Labute approximate surface area is 127 Å². The molecule has 20 heavy (non-hydrogen) atoms. The number of hydrogen-bond donors (Lipinski definition) is 1. The van der Waals surface area contributed by atoms with Gasteiger partial charge in [-0.15, -0.1) is 0 Å². The van der Waals surface area contributed by atoms with Crippen LogP contribution < -0.4 is 4.74 Å². The number of benzene rings is 1. The van der Waals surface area contributed by atoms with Crippen molar-refractivity contribution in [1.82, 2.24) is 4.90 Å². The zero-order valence-electron chi connectivity index (χ0n) is 11.8. The molecule has 0 aromatic heterocycles. The molecule has 1 aliphatic rings. The van der Waals surface area contributed by atoms with Gasteiger partial charge in [0.25, 0.3) is 5.91 Å². The lowest BCUT2D eigenvalue weighted by Gasteiger charge is -2.30. The van der Waals surface area contributed by atoms with Crippen LogP contribution in [0.3, 0.4) is 0 Å². The van der Waals surface area contributed by atoms with Crippen LogP contribution in [0, 0.1) is 0 Å². The molecular formula is C15H20BrNO3. The van der Waals surface area contributed by atoms with E-state index in [2.05, 4.69) is 15.9 Å². The second-order valence-corrected chi connectivity index (χ2v) is 6.27. The van der Waals surface area contributed by atoms with E-state index in [0.29, 0.717) is 24.4 Å². The van der Waals surface area contributed by atoms with Gasteiger partial charge in [-0.1, -0.05) is 15.9 Å². The molecule has 1 amide bonds. The predicted octanol–water partition coefficient (Wildman–Crippen LogP) is 2.83. The number of amides is 1. The Morgan fingerprint density at radius 3 is 2.90 bits per heavy atom. The average Bonchev–Trinajstić information content (AvgIpc) is 2.37. The third-order valence-electron chi connectivity index (χ3n) is 3.22. The van der Waals surface area contributed by atoms with E-state index in [1.807, 2.05) is 26.0 Å². The predicted molar refractivity (Wildman–Crippen MR) is 81.1 cm³/mol. The van der Waals surface area contributed by atoms with Crippen LogP contribution in [-0.4, -0.2) is 41.2 Å². The van der Waals surface area contributed by atoms with Gasteiger partial charge >= 0.3 is 0 Å². The molecule has 110 valence electrons. The summed E-state index contributed by atoms with van der Waals surface area (Å²) in [5.74, 6) is 0.506. The van der Waals surface area contributed by atoms with Crippen molar-refractivity contribution in [3.05, 3.63) is 28.2 Å². The lowest BCUT2D eigenvalue weighted by molar-refractivity contribution is 0.0469. The van der Waals surface area contributed by atoms with Gasteiger partial charge in [-0.25, -0.2) is 0 Å². The van der Waals surface area contributed by atoms with Crippen molar-refractivity contribution in [3.8, 4) is 5.75 Å². The highest BCUT2D eigenvalue weighted by Gasteiger charge is 2.25. The number of hydrogen-bond acceptors (Lipinski definition) is 3. The van der Waals surface area contributed by atoms with E-state index < -0.39 is 6.10 Å². The SMILES string of the molecule is CC(C)Oc1cc(Br)ccc1C(=O)N1CCCC(O)C1. The van der Waals surface area contributed by atoms with Crippen molar-refractivity contribution in [2.24, 2.45) is 0 Å². The van der Waals surface area contributed by atoms with Crippen LogP contribution in [0.5, 0.6) is 5.75 Å². The minimum absolute atomic E-state index is 0.00259. The first-order valence-corrected chi connectivity index (χ1v) is 7.70. The number of likely N-dealkylation sites (tertiary alicyclic amines) is 1. The van der Waals surface area contributed by atoms with Crippen molar-refractivity contribution in [3.63, 3.8) is 0 Å². The van der Waals surface area contributed by atoms with E-state index in [1.165, 1.54) is 0 Å². The van der Waals surface area contributed by atoms with E-state index in [1.54, 1.807) is 11.0 Å². The Kier molecular flexibility index (Phi) is 5.05. The van der Waals surface area contributed by atoms with Gasteiger partial charge in [-0.3, -0.25) is 4.79 Å². The molecule has 1 aromatic rings. The zero-order valence-corrected chi connectivity index (χ0v) is 13.4. The molecule has 0 spiro atoms. The monoisotopic (exact) mass is 341 g/mol. The molecule has 1 unspecified atom stereocenters. The molecule has 1 N–H and O–H groups in total. The number of aliphatic hydroxyl groups excluding tert-OH is 1. The van der Waals surface area contributed by atoms with E-state index in [0.717, 1.165) is 17.3 Å². The van der Waals surface area contributed by atoms with Gasteiger partial charge in [0.2, 0.25) is 0 Å². The summed E-state index contributed by atoms with van der Waals surface area (Å²) in [5.41, 5.74) is 0.552. The van der Waals surface area contributed by atoms with Crippen LogP contribution >= 0.6 is 15.9 Å². The number of aliphatic hydroxyl groups is 1. The van der Waals surface area contributed by atoms with Crippen LogP contribution in [-0.2, 0) is 0 Å².